The summed E-state index contributed by atoms with van der Waals surface area (Å²) in [5, 5.41) is 2.08. The molecule has 2 aromatic carbocycles. The first kappa shape index (κ1) is 37.7. The van der Waals surface area contributed by atoms with Crippen molar-refractivity contribution in [2.24, 2.45) is 5.92 Å². The summed E-state index contributed by atoms with van der Waals surface area (Å²) in [6.45, 7) is 17.7. The van der Waals surface area contributed by atoms with Gasteiger partial charge in [0.25, 0.3) is 0 Å². The van der Waals surface area contributed by atoms with Crippen molar-refractivity contribution in [3.05, 3.63) is 108 Å². The second-order valence-corrected chi connectivity index (χ2v) is 26.0. The number of aromatic nitrogens is 3. The summed E-state index contributed by atoms with van der Waals surface area (Å²) in [4.78, 5) is 13.8. The average molecular weight is 877 g/mol. The fourth-order valence-corrected chi connectivity index (χ4v) is 9.19. The number of pyridine rings is 3. The molecule has 0 bridgehead atoms. The smallest absolute Gasteiger partial charge is 0.216 e. The Balaban J connectivity index is 0.000000212. The Bertz CT molecular complexity index is 2010. The minimum atomic E-state index is -1.91. The zero-order valence-corrected chi connectivity index (χ0v) is 34.9. The fraction of sp³-hybridized carbons (Fsp3) is 0.357. The van der Waals surface area contributed by atoms with Gasteiger partial charge in [-0.05, 0) is 36.7 Å². The molecule has 0 spiro atoms. The maximum Gasteiger partial charge on any atom is 0.216 e. The van der Waals surface area contributed by atoms with Gasteiger partial charge in [0.2, 0.25) is 5.71 Å². The molecule has 0 saturated heterocycles. The number of aryl methyl sites for hydroxylation is 1. The van der Waals surface area contributed by atoms with Crippen LogP contribution in [0.15, 0.2) is 77.5 Å². The number of benzene rings is 2. The molecule has 6 aromatic rings. The fourth-order valence-electron chi connectivity index (χ4n) is 5.86. The molecule has 4 nitrogen and oxygen atoms in total. The molecule has 4 heterocycles. The van der Waals surface area contributed by atoms with Gasteiger partial charge in [0.15, 0.2) is 0 Å². The molecule has 0 aliphatic carbocycles. The van der Waals surface area contributed by atoms with Crippen LogP contribution >= 0.6 is 0 Å². The minimum Gasteiger partial charge on any atom is -0.486 e. The third-order valence-corrected chi connectivity index (χ3v) is 12.8. The van der Waals surface area contributed by atoms with E-state index in [1.165, 1.54) is 16.7 Å². The van der Waals surface area contributed by atoms with Crippen LogP contribution in [-0.2, 0) is 31.9 Å². The van der Waals surface area contributed by atoms with E-state index in [0.29, 0.717) is 17.5 Å². The zero-order chi connectivity index (χ0) is 34.1. The predicted octanol–water partition coefficient (Wildman–Crippen LogP) is 10.9. The summed E-state index contributed by atoms with van der Waals surface area (Å²) in [6.07, 6.45) is 5.14. The molecule has 6 heteroatoms. The maximum atomic E-state index is 6.04. The Morgan fingerprint density at radius 2 is 1.56 bits per heavy atom. The molecule has 6 rings (SSSR count). The first-order valence-corrected chi connectivity index (χ1v) is 24.1. The number of rotatable bonds is 6. The number of nitrogens with zero attached hydrogens (tertiary/aromatic N) is 3. The van der Waals surface area contributed by atoms with E-state index in [9.17, 15) is 0 Å². The van der Waals surface area contributed by atoms with Crippen molar-refractivity contribution in [1.29, 1.82) is 0 Å². The number of fused-ring (bicyclic) bond motifs is 3. The molecule has 4 aromatic heterocycles. The average Bonchev–Trinajstić information content (AvgIpc) is 3.38. The van der Waals surface area contributed by atoms with Gasteiger partial charge >= 0.3 is 151 Å². The van der Waals surface area contributed by atoms with Crippen molar-refractivity contribution >= 4 is 39.7 Å². The maximum absolute atomic E-state index is 6.04. The quantitative estimate of drug-likeness (QED) is 0.124. The van der Waals surface area contributed by atoms with Gasteiger partial charge < -0.3 is 9.40 Å². The molecule has 0 N–H and O–H groups in total. The minimum absolute atomic E-state index is 0. The Morgan fingerprint density at radius 3 is 2.23 bits per heavy atom. The zero-order valence-electron chi connectivity index (χ0n) is 30.4. The van der Waals surface area contributed by atoms with Gasteiger partial charge in [-0.15, -0.1) is 18.2 Å². The molecule has 0 aliphatic rings. The Kier molecular flexibility index (Phi) is 11.9. The van der Waals surface area contributed by atoms with Crippen molar-refractivity contribution in [3.8, 4) is 22.5 Å². The van der Waals surface area contributed by atoms with Crippen LogP contribution < -0.4 is 4.40 Å². The Hall–Kier alpha value is -3.12. The first-order chi connectivity index (χ1) is 22.1. The van der Waals surface area contributed by atoms with Crippen molar-refractivity contribution in [2.75, 3.05) is 0 Å². The molecule has 0 amide bonds. The molecular formula is C42H49GeIrN3O-2. The number of furan rings is 1. The van der Waals surface area contributed by atoms with E-state index in [1.807, 2.05) is 37.4 Å². The van der Waals surface area contributed by atoms with Crippen LogP contribution in [0.4, 0.5) is 0 Å². The second-order valence-electron chi connectivity index (χ2n) is 15.4. The van der Waals surface area contributed by atoms with Crippen LogP contribution in [0, 0.1) is 25.0 Å². The number of hydrogen-bond donors (Lipinski definition) is 0. The normalized spacial score (nSPS) is 11.9. The third kappa shape index (κ3) is 8.72. The van der Waals surface area contributed by atoms with Gasteiger partial charge in [-0.3, -0.25) is 0 Å². The van der Waals surface area contributed by atoms with Gasteiger partial charge in [-0.1, -0.05) is 36.4 Å². The van der Waals surface area contributed by atoms with E-state index in [0.717, 1.165) is 51.0 Å². The van der Waals surface area contributed by atoms with Gasteiger partial charge in [0.05, 0.1) is 5.58 Å². The Morgan fingerprint density at radius 1 is 0.833 bits per heavy atom. The van der Waals surface area contributed by atoms with E-state index < -0.39 is 13.3 Å². The predicted molar refractivity (Wildman–Crippen MR) is 201 cm³/mol. The van der Waals surface area contributed by atoms with Crippen molar-refractivity contribution in [1.82, 2.24) is 15.0 Å². The first-order valence-electron chi connectivity index (χ1n) is 16.8. The molecule has 0 atom stereocenters. The Labute approximate surface area is 303 Å². The summed E-state index contributed by atoms with van der Waals surface area (Å²) < 4.78 is 7.58. The van der Waals surface area contributed by atoms with E-state index in [1.54, 1.807) is 4.40 Å². The summed E-state index contributed by atoms with van der Waals surface area (Å²) in [5.41, 5.74) is 10.6. The largest absolute Gasteiger partial charge is 0.486 e. The topological polar surface area (TPSA) is 51.8 Å². The summed E-state index contributed by atoms with van der Waals surface area (Å²) in [5.74, 6) is 8.47. The number of hydrogen-bond acceptors (Lipinski definition) is 4. The molecule has 0 unspecified atom stereocenters. The summed E-state index contributed by atoms with van der Waals surface area (Å²) in [6, 6.07) is 27.6. The van der Waals surface area contributed by atoms with Gasteiger partial charge in [0.1, 0.15) is 0 Å². The van der Waals surface area contributed by atoms with Crippen LogP contribution in [0.5, 0.6) is 0 Å². The molecule has 253 valence electrons. The molecule has 0 saturated carbocycles. The van der Waals surface area contributed by atoms with E-state index >= 15 is 0 Å². The second kappa shape index (κ2) is 15.2. The van der Waals surface area contributed by atoms with Crippen LogP contribution in [0.2, 0.25) is 17.3 Å². The van der Waals surface area contributed by atoms with Crippen LogP contribution in [-0.4, -0.2) is 28.2 Å². The van der Waals surface area contributed by atoms with E-state index in [4.69, 9.17) is 9.40 Å². The monoisotopic (exact) mass is 878 g/mol. The van der Waals surface area contributed by atoms with E-state index in [2.05, 4.69) is 130 Å². The third-order valence-electron chi connectivity index (χ3n) is 8.51. The summed E-state index contributed by atoms with van der Waals surface area (Å²) in [7, 11) is 0. The van der Waals surface area contributed by atoms with Crippen LogP contribution in [0.3, 0.4) is 0 Å². The van der Waals surface area contributed by atoms with Crippen LogP contribution in [0.25, 0.3) is 44.6 Å². The molecule has 48 heavy (non-hydrogen) atoms. The van der Waals surface area contributed by atoms with Crippen molar-refractivity contribution in [2.45, 2.75) is 90.4 Å². The van der Waals surface area contributed by atoms with Crippen molar-refractivity contribution in [3.63, 3.8) is 0 Å². The van der Waals surface area contributed by atoms with E-state index in [-0.39, 0.29) is 25.5 Å². The molecule has 0 aliphatic heterocycles. The molecule has 1 radical (unpaired) electrons. The van der Waals surface area contributed by atoms with Gasteiger partial charge in [0, 0.05) is 37.4 Å². The standard InChI is InChI=1S/C22H32GeN.C20H17N2O.Ir/c1-16(2)12-18-14-21(24-15-20(18)23(6,7)8)17-10-9-11-19(13-17)22(3,4)5;1-12(2)14-9-10-21-18(11-14)17-6-4-5-15-16-8-7-13(3)22-20(16)23-19(15)17;/h9,11,13-16H,12H2,1-8H3;4-5,7-12H,1-3H3;/q2*-1;. The summed E-state index contributed by atoms with van der Waals surface area (Å²) >= 11 is -1.91. The van der Waals surface area contributed by atoms with Gasteiger partial charge in [-0.25, -0.2) is 4.98 Å². The molecule has 0 fully saturated rings. The van der Waals surface area contributed by atoms with Gasteiger partial charge in [-0.2, -0.15) is 0 Å². The van der Waals surface area contributed by atoms with Crippen molar-refractivity contribution < 1.29 is 24.5 Å². The SMILES string of the molecule is CC(C)Cc1cc(-c2[c-]ccc(C(C)(C)C)c2)nc[c]1[Ge]([CH3])([CH3])[CH3].Cc1ccc2c(n1)oc1c(-c3cc(C(C)C)ccn3)[c-]ccc12.[Ir]. The van der Waals surface area contributed by atoms with Crippen LogP contribution in [0.1, 0.15) is 76.8 Å². The molecular weight excluding hydrogens is 827 g/mol.